The molecule has 118 valence electrons. The summed E-state index contributed by atoms with van der Waals surface area (Å²) in [6.07, 6.45) is 7.58. The van der Waals surface area contributed by atoms with Crippen LogP contribution in [0.25, 0.3) is 0 Å². The van der Waals surface area contributed by atoms with Crippen LogP contribution in [0.5, 0.6) is 0 Å². The number of hydrogen-bond acceptors (Lipinski definition) is 5. The highest BCUT2D eigenvalue weighted by molar-refractivity contribution is 7.09. The van der Waals surface area contributed by atoms with Crippen molar-refractivity contribution >= 4 is 11.3 Å². The number of hydrogen-bond donors (Lipinski definition) is 1. The van der Waals surface area contributed by atoms with Crippen LogP contribution < -0.4 is 5.32 Å². The molecule has 4 nitrogen and oxygen atoms in total. The number of aromatic nitrogens is 1. The minimum absolute atomic E-state index is 0.0675. The second-order valence-corrected chi connectivity index (χ2v) is 7.15. The summed E-state index contributed by atoms with van der Waals surface area (Å²) in [5, 5.41) is 3.75. The van der Waals surface area contributed by atoms with Crippen LogP contribution in [0.15, 0.2) is 11.7 Å². The zero-order valence-electron chi connectivity index (χ0n) is 12.8. The molecular weight excluding hydrogens is 284 g/mol. The maximum Gasteiger partial charge on any atom is 0.0794 e. The van der Waals surface area contributed by atoms with Crippen molar-refractivity contribution < 1.29 is 9.47 Å². The van der Waals surface area contributed by atoms with Crippen LogP contribution in [0.4, 0.5) is 0 Å². The van der Waals surface area contributed by atoms with Gasteiger partial charge in [-0.3, -0.25) is 4.98 Å². The van der Waals surface area contributed by atoms with Crippen LogP contribution in [0.3, 0.4) is 0 Å². The van der Waals surface area contributed by atoms with Gasteiger partial charge in [0.25, 0.3) is 0 Å². The van der Waals surface area contributed by atoms with Gasteiger partial charge in [-0.2, -0.15) is 0 Å². The van der Waals surface area contributed by atoms with Crippen molar-refractivity contribution in [2.75, 3.05) is 26.4 Å². The molecule has 2 unspecified atom stereocenters. The maximum absolute atomic E-state index is 6.19. The lowest BCUT2D eigenvalue weighted by Gasteiger charge is -2.45. The Morgan fingerprint density at radius 3 is 3.00 bits per heavy atom. The first-order chi connectivity index (χ1) is 10.3. The van der Waals surface area contributed by atoms with Crippen LogP contribution in [-0.2, 0) is 9.47 Å². The maximum atomic E-state index is 6.19. The van der Waals surface area contributed by atoms with E-state index in [4.69, 9.17) is 9.47 Å². The third-order valence-electron chi connectivity index (χ3n) is 4.78. The van der Waals surface area contributed by atoms with Gasteiger partial charge in [-0.25, -0.2) is 0 Å². The largest absolute Gasteiger partial charge is 0.381 e. The summed E-state index contributed by atoms with van der Waals surface area (Å²) < 4.78 is 11.7. The molecule has 2 fully saturated rings. The highest BCUT2D eigenvalue weighted by Crippen LogP contribution is 2.42. The molecule has 2 aliphatic heterocycles. The molecule has 0 amide bonds. The van der Waals surface area contributed by atoms with Crippen LogP contribution >= 0.6 is 11.3 Å². The second kappa shape index (κ2) is 7.18. The fourth-order valence-electron chi connectivity index (χ4n) is 3.62. The standard InChI is InChI=1S/C16H26N2O2S/c1-2-6-18-15(14-11-17-12-21-14)13-3-7-20-16(10-13)4-8-19-9-5-16/h11-13,15,18H,2-10H2,1H3. The number of thiazole rings is 1. The van der Waals surface area contributed by atoms with Crippen LogP contribution in [-0.4, -0.2) is 37.0 Å². The van der Waals surface area contributed by atoms with Crippen molar-refractivity contribution in [3.63, 3.8) is 0 Å². The lowest BCUT2D eigenvalue weighted by molar-refractivity contribution is -0.150. The van der Waals surface area contributed by atoms with Gasteiger partial charge in [0.2, 0.25) is 0 Å². The topological polar surface area (TPSA) is 43.4 Å². The van der Waals surface area contributed by atoms with Gasteiger partial charge in [-0.05, 0) is 44.6 Å². The Bertz CT molecular complexity index is 412. The molecule has 3 rings (SSSR count). The van der Waals surface area contributed by atoms with E-state index in [1.165, 1.54) is 4.88 Å². The molecule has 0 aliphatic carbocycles. The highest BCUT2D eigenvalue weighted by atomic mass is 32.1. The van der Waals surface area contributed by atoms with E-state index in [9.17, 15) is 0 Å². The summed E-state index contributed by atoms with van der Waals surface area (Å²) in [6.45, 7) is 5.87. The molecule has 1 aromatic rings. The lowest BCUT2D eigenvalue weighted by atomic mass is 9.77. The van der Waals surface area contributed by atoms with Gasteiger partial charge in [-0.1, -0.05) is 6.92 Å². The molecule has 2 atom stereocenters. The van der Waals surface area contributed by atoms with Crippen molar-refractivity contribution in [3.05, 3.63) is 16.6 Å². The van der Waals surface area contributed by atoms with Crippen molar-refractivity contribution in [1.82, 2.24) is 10.3 Å². The molecule has 0 saturated carbocycles. The Labute approximate surface area is 131 Å². The minimum Gasteiger partial charge on any atom is -0.381 e. The molecule has 3 heterocycles. The van der Waals surface area contributed by atoms with Crippen molar-refractivity contribution in [3.8, 4) is 0 Å². The average molecular weight is 310 g/mol. The highest BCUT2D eigenvalue weighted by Gasteiger charge is 2.41. The Hall–Kier alpha value is -0.490. The quantitative estimate of drug-likeness (QED) is 0.907. The first-order valence-corrected chi connectivity index (χ1v) is 9.04. The normalized spacial score (nSPS) is 26.8. The zero-order valence-corrected chi connectivity index (χ0v) is 13.7. The predicted molar refractivity (Wildman–Crippen MR) is 84.6 cm³/mol. The molecule has 1 aromatic heterocycles. The summed E-state index contributed by atoms with van der Waals surface area (Å²) in [5.41, 5.74) is 2.01. The van der Waals surface area contributed by atoms with E-state index in [1.54, 1.807) is 11.3 Å². The van der Waals surface area contributed by atoms with E-state index >= 15 is 0 Å². The number of ether oxygens (including phenoxy) is 2. The van der Waals surface area contributed by atoms with E-state index in [-0.39, 0.29) is 5.60 Å². The number of rotatable bonds is 5. The van der Waals surface area contributed by atoms with Crippen LogP contribution in [0, 0.1) is 5.92 Å². The van der Waals surface area contributed by atoms with Gasteiger partial charge in [0.05, 0.1) is 11.1 Å². The summed E-state index contributed by atoms with van der Waals surface area (Å²) >= 11 is 1.77. The number of nitrogens with one attached hydrogen (secondary N) is 1. The molecule has 0 aromatic carbocycles. The van der Waals surface area contributed by atoms with Crippen LogP contribution in [0.2, 0.25) is 0 Å². The molecular formula is C16H26N2O2S. The molecule has 1 spiro atoms. The third kappa shape index (κ3) is 3.65. The molecule has 5 heteroatoms. The van der Waals surface area contributed by atoms with E-state index in [1.807, 2.05) is 11.7 Å². The van der Waals surface area contributed by atoms with Crippen molar-refractivity contribution in [1.29, 1.82) is 0 Å². The smallest absolute Gasteiger partial charge is 0.0794 e. The van der Waals surface area contributed by atoms with Gasteiger partial charge < -0.3 is 14.8 Å². The SMILES string of the molecule is CCCNC(c1cncs1)C1CCOC2(CCOCC2)C1. The molecule has 1 N–H and O–H groups in total. The third-order valence-corrected chi connectivity index (χ3v) is 5.64. The van der Waals surface area contributed by atoms with Crippen molar-refractivity contribution in [2.24, 2.45) is 5.92 Å². The van der Waals surface area contributed by atoms with Crippen molar-refractivity contribution in [2.45, 2.75) is 50.7 Å². The van der Waals surface area contributed by atoms with E-state index in [2.05, 4.69) is 17.2 Å². The summed E-state index contributed by atoms with van der Waals surface area (Å²) in [7, 11) is 0. The Kier molecular flexibility index (Phi) is 5.27. The second-order valence-electron chi connectivity index (χ2n) is 6.23. The zero-order chi connectivity index (χ0) is 14.5. The van der Waals surface area contributed by atoms with E-state index in [0.29, 0.717) is 12.0 Å². The lowest BCUT2D eigenvalue weighted by Crippen LogP contribution is -2.47. The molecule has 2 saturated heterocycles. The molecule has 0 radical (unpaired) electrons. The molecule has 21 heavy (non-hydrogen) atoms. The predicted octanol–water partition coefficient (Wildman–Crippen LogP) is 3.16. The summed E-state index contributed by atoms with van der Waals surface area (Å²) in [5.74, 6) is 0.642. The van der Waals surface area contributed by atoms with Gasteiger partial charge >= 0.3 is 0 Å². The van der Waals surface area contributed by atoms with Gasteiger partial charge in [-0.15, -0.1) is 11.3 Å². The summed E-state index contributed by atoms with van der Waals surface area (Å²) in [6, 6.07) is 0.432. The minimum atomic E-state index is 0.0675. The van der Waals surface area contributed by atoms with E-state index in [0.717, 1.165) is 58.5 Å². The Morgan fingerprint density at radius 2 is 2.29 bits per heavy atom. The Balaban J connectivity index is 1.72. The summed E-state index contributed by atoms with van der Waals surface area (Å²) in [4.78, 5) is 5.65. The fourth-order valence-corrected chi connectivity index (χ4v) is 4.41. The average Bonchev–Trinajstić information content (AvgIpc) is 3.03. The Morgan fingerprint density at radius 1 is 1.43 bits per heavy atom. The molecule has 0 bridgehead atoms. The van der Waals surface area contributed by atoms with Crippen LogP contribution in [0.1, 0.15) is 49.9 Å². The monoisotopic (exact) mass is 310 g/mol. The number of nitrogens with zero attached hydrogens (tertiary/aromatic N) is 1. The molecule has 2 aliphatic rings. The van der Waals surface area contributed by atoms with Gasteiger partial charge in [0.1, 0.15) is 0 Å². The first kappa shape index (κ1) is 15.4. The van der Waals surface area contributed by atoms with Gasteiger partial charge in [0, 0.05) is 36.9 Å². The van der Waals surface area contributed by atoms with Gasteiger partial charge in [0.15, 0.2) is 0 Å². The van der Waals surface area contributed by atoms with E-state index < -0.39 is 0 Å². The fraction of sp³-hybridized carbons (Fsp3) is 0.812. The first-order valence-electron chi connectivity index (χ1n) is 8.16.